The summed E-state index contributed by atoms with van der Waals surface area (Å²) in [6.45, 7) is 5.89. The zero-order chi connectivity index (χ0) is 18.7. The molecule has 1 aliphatic rings. The van der Waals surface area contributed by atoms with Crippen LogP contribution in [-0.2, 0) is 9.59 Å². The summed E-state index contributed by atoms with van der Waals surface area (Å²) in [6.07, 6.45) is -0.000214. The van der Waals surface area contributed by atoms with Crippen LogP contribution in [0.5, 0.6) is 11.5 Å². The molecule has 1 aliphatic heterocycles. The van der Waals surface area contributed by atoms with E-state index in [2.05, 4.69) is 5.32 Å². The summed E-state index contributed by atoms with van der Waals surface area (Å²) < 4.78 is 11.0. The van der Waals surface area contributed by atoms with E-state index in [1.165, 1.54) is 0 Å². The third-order valence-electron chi connectivity index (χ3n) is 3.86. The number of carbonyl (C=O) groups excluding carboxylic acids is 2. The number of fused-ring (bicyclic) bond motifs is 1. The number of nitrogens with one attached hydrogen (secondary N) is 1. The quantitative estimate of drug-likeness (QED) is 0.660. The van der Waals surface area contributed by atoms with Crippen LogP contribution >= 0.6 is 0 Å². The van der Waals surface area contributed by atoms with Crippen LogP contribution in [0.4, 0.5) is 11.4 Å². The number of hydrogen-bond acceptors (Lipinski definition) is 5. The Morgan fingerprint density at radius 2 is 2.04 bits per heavy atom. The minimum Gasteiger partial charge on any atom is -0.489 e. The number of para-hydroxylation sites is 2. The van der Waals surface area contributed by atoms with E-state index in [0.29, 0.717) is 17.2 Å². The summed E-state index contributed by atoms with van der Waals surface area (Å²) in [7, 11) is 0. The summed E-state index contributed by atoms with van der Waals surface area (Å²) in [4.78, 5) is 26.1. The molecule has 1 heterocycles. The molecule has 0 aromatic heterocycles. The van der Waals surface area contributed by atoms with Crippen LogP contribution < -0.4 is 19.7 Å². The summed E-state index contributed by atoms with van der Waals surface area (Å²) in [6, 6.07) is 12.8. The predicted molar refractivity (Wildman–Crippen MR) is 99.9 cm³/mol. The first-order valence-corrected chi connectivity index (χ1v) is 8.54. The number of amides is 1. The van der Waals surface area contributed by atoms with Gasteiger partial charge >= 0.3 is 5.97 Å². The van der Waals surface area contributed by atoms with Crippen molar-refractivity contribution in [1.29, 1.82) is 0 Å². The topological polar surface area (TPSA) is 67.9 Å². The van der Waals surface area contributed by atoms with E-state index in [1.807, 2.05) is 51.1 Å². The molecule has 0 unspecified atom stereocenters. The molecular weight excluding hydrogens is 332 g/mol. The number of carbonyl (C=O) groups is 2. The molecule has 2 aromatic carbocycles. The van der Waals surface area contributed by atoms with Crippen molar-refractivity contribution in [3.8, 4) is 11.5 Å². The fourth-order valence-electron chi connectivity index (χ4n) is 2.79. The number of anilines is 2. The molecule has 2 aromatic rings. The van der Waals surface area contributed by atoms with E-state index in [0.717, 1.165) is 11.3 Å². The second kappa shape index (κ2) is 7.47. The Balaban J connectivity index is 1.75. The lowest BCUT2D eigenvalue weighted by atomic mass is 10.1. The second-order valence-corrected chi connectivity index (χ2v) is 6.51. The van der Waals surface area contributed by atoms with Crippen molar-refractivity contribution in [3.63, 3.8) is 0 Å². The normalized spacial score (nSPS) is 13.2. The highest BCUT2D eigenvalue weighted by Gasteiger charge is 2.26. The first-order chi connectivity index (χ1) is 12.4. The van der Waals surface area contributed by atoms with Gasteiger partial charge in [-0.05, 0) is 50.6 Å². The van der Waals surface area contributed by atoms with E-state index in [1.54, 1.807) is 17.0 Å². The Morgan fingerprint density at radius 1 is 1.27 bits per heavy atom. The van der Waals surface area contributed by atoms with Crippen molar-refractivity contribution in [1.82, 2.24) is 0 Å². The Hall–Kier alpha value is -3.02. The van der Waals surface area contributed by atoms with Gasteiger partial charge in [-0.1, -0.05) is 18.2 Å². The highest BCUT2D eigenvalue weighted by molar-refractivity contribution is 5.97. The average molecular weight is 354 g/mol. The minimum atomic E-state index is -0.377. The fourth-order valence-corrected chi connectivity index (χ4v) is 2.79. The smallest absolute Gasteiger partial charge is 0.331 e. The van der Waals surface area contributed by atoms with Crippen LogP contribution in [0.25, 0.3) is 0 Å². The SMILES string of the molecule is Cc1ccc2c(c1)N(CC(=O)Nc1ccccc1OC(C)C)CC(=O)O2. The predicted octanol–water partition coefficient (Wildman–Crippen LogP) is 3.15. The molecule has 136 valence electrons. The summed E-state index contributed by atoms with van der Waals surface area (Å²) in [5, 5.41) is 2.87. The van der Waals surface area contributed by atoms with Crippen LogP contribution in [0.15, 0.2) is 42.5 Å². The Kier molecular flexibility index (Phi) is 5.11. The van der Waals surface area contributed by atoms with Crippen LogP contribution in [0.3, 0.4) is 0 Å². The lowest BCUT2D eigenvalue weighted by Crippen LogP contribution is -2.41. The standard InChI is InChI=1S/C20H22N2O4/c1-13(2)25-17-7-5-4-6-15(17)21-19(23)11-22-12-20(24)26-18-9-8-14(3)10-16(18)22/h4-10,13H,11-12H2,1-3H3,(H,21,23). The molecule has 0 aliphatic carbocycles. The Morgan fingerprint density at radius 3 is 2.81 bits per heavy atom. The van der Waals surface area contributed by atoms with Crippen molar-refractivity contribution in [2.24, 2.45) is 0 Å². The first-order valence-electron chi connectivity index (χ1n) is 8.54. The number of rotatable bonds is 5. The molecule has 1 N–H and O–H groups in total. The van der Waals surface area contributed by atoms with Gasteiger partial charge in [-0.2, -0.15) is 0 Å². The third-order valence-corrected chi connectivity index (χ3v) is 3.86. The maximum atomic E-state index is 12.6. The molecule has 6 nitrogen and oxygen atoms in total. The van der Waals surface area contributed by atoms with Gasteiger partial charge in [0.1, 0.15) is 12.3 Å². The van der Waals surface area contributed by atoms with E-state index >= 15 is 0 Å². The monoisotopic (exact) mass is 354 g/mol. The molecule has 0 bridgehead atoms. The average Bonchev–Trinajstić information content (AvgIpc) is 2.57. The largest absolute Gasteiger partial charge is 0.489 e. The van der Waals surface area contributed by atoms with E-state index in [9.17, 15) is 9.59 Å². The molecule has 0 saturated carbocycles. The lowest BCUT2D eigenvalue weighted by Gasteiger charge is -2.29. The van der Waals surface area contributed by atoms with Crippen LogP contribution in [0.1, 0.15) is 19.4 Å². The molecule has 3 rings (SSSR count). The molecule has 6 heteroatoms. The molecule has 0 spiro atoms. The number of ether oxygens (including phenoxy) is 2. The van der Waals surface area contributed by atoms with Gasteiger partial charge in [0, 0.05) is 0 Å². The second-order valence-electron chi connectivity index (χ2n) is 6.51. The van der Waals surface area contributed by atoms with Gasteiger partial charge in [0.25, 0.3) is 0 Å². The summed E-state index contributed by atoms with van der Waals surface area (Å²) in [5.41, 5.74) is 2.38. The maximum absolute atomic E-state index is 12.6. The maximum Gasteiger partial charge on any atom is 0.331 e. The minimum absolute atomic E-state index is 0.000214. The van der Waals surface area contributed by atoms with Crippen molar-refractivity contribution in [3.05, 3.63) is 48.0 Å². The number of benzene rings is 2. The molecule has 26 heavy (non-hydrogen) atoms. The summed E-state index contributed by atoms with van der Waals surface area (Å²) in [5.74, 6) is 0.484. The molecule has 0 fully saturated rings. The van der Waals surface area contributed by atoms with Gasteiger partial charge < -0.3 is 19.7 Å². The van der Waals surface area contributed by atoms with Crippen LogP contribution in [0.2, 0.25) is 0 Å². The van der Waals surface area contributed by atoms with Gasteiger partial charge in [0.05, 0.1) is 24.0 Å². The Labute approximate surface area is 152 Å². The zero-order valence-electron chi connectivity index (χ0n) is 15.1. The van der Waals surface area contributed by atoms with Gasteiger partial charge in [0.2, 0.25) is 5.91 Å². The highest BCUT2D eigenvalue weighted by Crippen LogP contribution is 2.33. The Bertz CT molecular complexity index is 832. The molecule has 0 radical (unpaired) electrons. The molecule has 0 saturated heterocycles. The molecule has 0 atom stereocenters. The third kappa shape index (κ3) is 4.14. The van der Waals surface area contributed by atoms with Crippen LogP contribution in [-0.4, -0.2) is 31.1 Å². The van der Waals surface area contributed by atoms with Crippen molar-refractivity contribution >= 4 is 23.3 Å². The number of aryl methyl sites for hydroxylation is 1. The molecular formula is C20H22N2O4. The first kappa shape index (κ1) is 17.8. The van der Waals surface area contributed by atoms with E-state index in [-0.39, 0.29) is 31.1 Å². The van der Waals surface area contributed by atoms with Gasteiger partial charge in [-0.15, -0.1) is 0 Å². The van der Waals surface area contributed by atoms with E-state index in [4.69, 9.17) is 9.47 Å². The van der Waals surface area contributed by atoms with Crippen molar-refractivity contribution in [2.75, 3.05) is 23.3 Å². The fraction of sp³-hybridized carbons (Fsp3) is 0.300. The summed E-state index contributed by atoms with van der Waals surface area (Å²) >= 11 is 0. The number of esters is 1. The van der Waals surface area contributed by atoms with Gasteiger partial charge in [0.15, 0.2) is 5.75 Å². The van der Waals surface area contributed by atoms with Crippen LogP contribution in [0, 0.1) is 6.92 Å². The number of nitrogens with zero attached hydrogens (tertiary/aromatic N) is 1. The van der Waals surface area contributed by atoms with Crippen molar-refractivity contribution in [2.45, 2.75) is 26.9 Å². The lowest BCUT2D eigenvalue weighted by molar-refractivity contribution is -0.133. The van der Waals surface area contributed by atoms with Gasteiger partial charge in [-0.25, -0.2) is 4.79 Å². The van der Waals surface area contributed by atoms with E-state index < -0.39 is 0 Å². The highest BCUT2D eigenvalue weighted by atomic mass is 16.5. The van der Waals surface area contributed by atoms with Crippen molar-refractivity contribution < 1.29 is 19.1 Å². The number of hydrogen-bond donors (Lipinski definition) is 1. The zero-order valence-corrected chi connectivity index (χ0v) is 15.1. The molecule has 1 amide bonds. The van der Waals surface area contributed by atoms with Gasteiger partial charge in [-0.3, -0.25) is 4.79 Å².